The number of unbranched alkanes of at least 4 members (excludes halogenated alkanes) is 1. The molecule has 0 heterocycles. The second-order valence-electron chi connectivity index (χ2n) is 2.71. The van der Waals surface area contributed by atoms with Gasteiger partial charge >= 0.3 is 0 Å². The summed E-state index contributed by atoms with van der Waals surface area (Å²) < 4.78 is 0. The van der Waals surface area contributed by atoms with Gasteiger partial charge in [0.05, 0.1) is 6.07 Å². The average molecular weight is 214 g/mol. The fourth-order valence-corrected chi connectivity index (χ4v) is 1.70. The van der Waals surface area contributed by atoms with E-state index < -0.39 is 0 Å². The van der Waals surface area contributed by atoms with Crippen LogP contribution in [0.3, 0.4) is 0 Å². The van der Waals surface area contributed by atoms with Crippen molar-refractivity contribution in [1.82, 2.24) is 0 Å². The summed E-state index contributed by atoms with van der Waals surface area (Å²) in [7, 11) is 0. The lowest BCUT2D eigenvalue weighted by Crippen LogP contribution is -1.87. The lowest BCUT2D eigenvalue weighted by atomic mass is 10.1. The summed E-state index contributed by atoms with van der Waals surface area (Å²) in [5.41, 5.74) is 0.945. The second kappa shape index (κ2) is 5.11. The Bertz CT molecular complexity index is 308. The van der Waals surface area contributed by atoms with Crippen molar-refractivity contribution >= 4 is 23.2 Å². The zero-order valence-electron chi connectivity index (χ0n) is 7.06. The van der Waals surface area contributed by atoms with E-state index in [4.69, 9.17) is 28.5 Å². The summed E-state index contributed by atoms with van der Waals surface area (Å²) in [6, 6.07) is 7.54. The molecule has 1 nitrogen and oxygen atoms in total. The average Bonchev–Trinajstić information content (AvgIpc) is 2.10. The Morgan fingerprint density at radius 2 is 1.85 bits per heavy atom. The normalized spacial score (nSPS) is 9.62. The topological polar surface area (TPSA) is 23.8 Å². The van der Waals surface area contributed by atoms with Crippen LogP contribution in [0.2, 0.25) is 10.0 Å². The SMILES string of the molecule is N#CCCCc1c(Cl)cccc1Cl. The molecule has 0 bridgehead atoms. The largest absolute Gasteiger partial charge is 0.198 e. The molecule has 13 heavy (non-hydrogen) atoms. The molecule has 0 spiro atoms. The molecule has 0 fully saturated rings. The van der Waals surface area contributed by atoms with Gasteiger partial charge in [-0.25, -0.2) is 0 Å². The third-order valence-electron chi connectivity index (χ3n) is 1.78. The first kappa shape index (κ1) is 10.4. The molecule has 1 aromatic carbocycles. The van der Waals surface area contributed by atoms with Crippen LogP contribution >= 0.6 is 23.2 Å². The van der Waals surface area contributed by atoms with Gasteiger partial charge in [0.1, 0.15) is 0 Å². The van der Waals surface area contributed by atoms with E-state index in [0.29, 0.717) is 16.5 Å². The van der Waals surface area contributed by atoms with E-state index >= 15 is 0 Å². The maximum atomic E-state index is 8.37. The Labute approximate surface area is 87.9 Å². The molecule has 0 saturated carbocycles. The molecule has 68 valence electrons. The van der Waals surface area contributed by atoms with Crippen LogP contribution in [0.4, 0.5) is 0 Å². The summed E-state index contributed by atoms with van der Waals surface area (Å²) in [4.78, 5) is 0. The highest BCUT2D eigenvalue weighted by atomic mass is 35.5. The van der Waals surface area contributed by atoms with Gasteiger partial charge in [-0.3, -0.25) is 0 Å². The van der Waals surface area contributed by atoms with Gasteiger partial charge in [-0.2, -0.15) is 5.26 Å². The molecular formula is C10H9Cl2N. The number of rotatable bonds is 3. The summed E-state index contributed by atoms with van der Waals surface area (Å²) >= 11 is 11.9. The minimum atomic E-state index is 0.543. The van der Waals surface area contributed by atoms with Gasteiger partial charge in [-0.05, 0) is 30.5 Å². The van der Waals surface area contributed by atoms with Crippen molar-refractivity contribution in [3.05, 3.63) is 33.8 Å². The quantitative estimate of drug-likeness (QED) is 0.701. The summed E-state index contributed by atoms with van der Waals surface area (Å²) in [5, 5.41) is 9.74. The van der Waals surface area contributed by atoms with Crippen molar-refractivity contribution < 1.29 is 0 Å². The fourth-order valence-electron chi connectivity index (χ4n) is 1.12. The highest BCUT2D eigenvalue weighted by Crippen LogP contribution is 2.25. The Morgan fingerprint density at radius 3 is 2.38 bits per heavy atom. The predicted octanol–water partition coefficient (Wildman–Crippen LogP) is 3.84. The van der Waals surface area contributed by atoms with Crippen LogP contribution in [0.15, 0.2) is 18.2 Å². The maximum absolute atomic E-state index is 8.37. The number of hydrogen-bond acceptors (Lipinski definition) is 1. The molecule has 0 aliphatic carbocycles. The standard InChI is InChI=1S/C10H9Cl2N/c11-9-5-3-6-10(12)8(9)4-1-2-7-13/h3,5-6H,1-2,4H2. The molecule has 0 saturated heterocycles. The molecule has 0 radical (unpaired) electrons. The van der Waals surface area contributed by atoms with E-state index in [9.17, 15) is 0 Å². The van der Waals surface area contributed by atoms with Gasteiger partial charge in [-0.1, -0.05) is 29.3 Å². The van der Waals surface area contributed by atoms with Crippen molar-refractivity contribution in [3.63, 3.8) is 0 Å². The van der Waals surface area contributed by atoms with E-state index in [1.165, 1.54) is 0 Å². The monoisotopic (exact) mass is 213 g/mol. The smallest absolute Gasteiger partial charge is 0.0621 e. The van der Waals surface area contributed by atoms with Gasteiger partial charge in [0.15, 0.2) is 0 Å². The first-order chi connectivity index (χ1) is 6.25. The summed E-state index contributed by atoms with van der Waals surface area (Å²) in [6.07, 6.45) is 2.12. The number of nitrogens with zero attached hydrogens (tertiary/aromatic N) is 1. The van der Waals surface area contributed by atoms with E-state index in [0.717, 1.165) is 18.4 Å². The number of benzene rings is 1. The van der Waals surface area contributed by atoms with Gasteiger partial charge in [0, 0.05) is 16.5 Å². The summed E-state index contributed by atoms with van der Waals surface area (Å²) in [6.45, 7) is 0. The molecule has 0 unspecified atom stereocenters. The molecule has 0 atom stereocenters. The minimum absolute atomic E-state index is 0.543. The molecule has 0 N–H and O–H groups in total. The van der Waals surface area contributed by atoms with Crippen molar-refractivity contribution in [2.45, 2.75) is 19.3 Å². The van der Waals surface area contributed by atoms with Crippen LogP contribution in [0, 0.1) is 11.3 Å². The molecule has 3 heteroatoms. The molecule has 1 rings (SSSR count). The van der Waals surface area contributed by atoms with Gasteiger partial charge in [0.2, 0.25) is 0 Å². The van der Waals surface area contributed by atoms with Crippen LogP contribution in [-0.2, 0) is 6.42 Å². The highest BCUT2D eigenvalue weighted by molar-refractivity contribution is 6.35. The van der Waals surface area contributed by atoms with Gasteiger partial charge < -0.3 is 0 Å². The van der Waals surface area contributed by atoms with E-state index in [1.807, 2.05) is 18.2 Å². The van der Waals surface area contributed by atoms with Crippen molar-refractivity contribution in [2.24, 2.45) is 0 Å². The van der Waals surface area contributed by atoms with E-state index in [1.54, 1.807) is 0 Å². The van der Waals surface area contributed by atoms with Crippen LogP contribution in [0.5, 0.6) is 0 Å². The van der Waals surface area contributed by atoms with Crippen LogP contribution in [0.25, 0.3) is 0 Å². The first-order valence-electron chi connectivity index (χ1n) is 4.05. The molecule has 1 aromatic rings. The Kier molecular flexibility index (Phi) is 4.08. The minimum Gasteiger partial charge on any atom is -0.198 e. The highest BCUT2D eigenvalue weighted by Gasteiger charge is 2.03. The molecule has 0 aromatic heterocycles. The van der Waals surface area contributed by atoms with Crippen LogP contribution < -0.4 is 0 Å². The molecule has 0 amide bonds. The predicted molar refractivity (Wildman–Crippen MR) is 55.0 cm³/mol. The third kappa shape index (κ3) is 2.91. The number of nitriles is 1. The lowest BCUT2D eigenvalue weighted by molar-refractivity contribution is 0.851. The molecule has 0 aliphatic heterocycles. The third-order valence-corrected chi connectivity index (χ3v) is 2.49. The van der Waals surface area contributed by atoms with Crippen molar-refractivity contribution in [3.8, 4) is 6.07 Å². The van der Waals surface area contributed by atoms with Gasteiger partial charge in [-0.15, -0.1) is 0 Å². The Balaban J connectivity index is 2.71. The Hall–Kier alpha value is -0.710. The lowest BCUT2D eigenvalue weighted by Gasteiger charge is -2.04. The summed E-state index contributed by atoms with van der Waals surface area (Å²) in [5.74, 6) is 0. The van der Waals surface area contributed by atoms with Crippen LogP contribution in [-0.4, -0.2) is 0 Å². The molecular weight excluding hydrogens is 205 g/mol. The van der Waals surface area contributed by atoms with E-state index in [2.05, 4.69) is 6.07 Å². The number of halogens is 2. The zero-order valence-corrected chi connectivity index (χ0v) is 8.57. The fraction of sp³-hybridized carbons (Fsp3) is 0.300. The van der Waals surface area contributed by atoms with Crippen molar-refractivity contribution in [1.29, 1.82) is 5.26 Å². The van der Waals surface area contributed by atoms with Gasteiger partial charge in [0.25, 0.3) is 0 Å². The maximum Gasteiger partial charge on any atom is 0.0621 e. The number of hydrogen-bond donors (Lipinski definition) is 0. The molecule has 0 aliphatic rings. The van der Waals surface area contributed by atoms with Crippen molar-refractivity contribution in [2.75, 3.05) is 0 Å². The van der Waals surface area contributed by atoms with Crippen LogP contribution in [0.1, 0.15) is 18.4 Å². The first-order valence-corrected chi connectivity index (χ1v) is 4.81. The second-order valence-corrected chi connectivity index (χ2v) is 3.53. The van der Waals surface area contributed by atoms with E-state index in [-0.39, 0.29) is 0 Å². The Morgan fingerprint density at radius 1 is 1.23 bits per heavy atom. The zero-order chi connectivity index (χ0) is 9.68.